The average Bonchev–Trinajstić information content (AvgIpc) is 3.23. The van der Waals surface area contributed by atoms with Crippen molar-refractivity contribution in [2.24, 2.45) is 4.99 Å². The molecule has 0 aromatic rings. The Kier molecular flexibility index (Phi) is 7.21. The molecule has 2 heterocycles. The lowest BCUT2D eigenvalue weighted by molar-refractivity contribution is 0.0466. The van der Waals surface area contributed by atoms with Crippen LogP contribution in [0.5, 0.6) is 0 Å². The maximum Gasteiger partial charge on any atom is 0.193 e. The first kappa shape index (κ1) is 18.0. The van der Waals surface area contributed by atoms with Gasteiger partial charge in [-0.2, -0.15) is 0 Å². The fraction of sp³-hybridized carbons (Fsp3) is 0.947. The minimum absolute atomic E-state index is 0.489. The van der Waals surface area contributed by atoms with Gasteiger partial charge in [0.05, 0.1) is 12.7 Å². The number of guanidine groups is 1. The highest BCUT2D eigenvalue weighted by molar-refractivity contribution is 5.80. The van der Waals surface area contributed by atoms with Gasteiger partial charge in [-0.15, -0.1) is 0 Å². The third-order valence-corrected chi connectivity index (χ3v) is 5.87. The number of aliphatic imine (C=N–C) groups is 1. The van der Waals surface area contributed by atoms with Crippen molar-refractivity contribution in [1.82, 2.24) is 15.1 Å². The van der Waals surface area contributed by atoms with E-state index in [-0.39, 0.29) is 0 Å². The predicted molar refractivity (Wildman–Crippen MR) is 99.6 cm³/mol. The summed E-state index contributed by atoms with van der Waals surface area (Å²) in [5.41, 5.74) is 0. The van der Waals surface area contributed by atoms with Crippen LogP contribution >= 0.6 is 0 Å². The van der Waals surface area contributed by atoms with E-state index < -0.39 is 0 Å². The van der Waals surface area contributed by atoms with Crippen molar-refractivity contribution in [2.45, 2.75) is 69.9 Å². The molecule has 2 saturated heterocycles. The Balaban J connectivity index is 1.34. The summed E-state index contributed by atoms with van der Waals surface area (Å²) < 4.78 is 6.08. The minimum Gasteiger partial charge on any atom is -0.376 e. The minimum atomic E-state index is 0.489. The molecular formula is C19H36N4O. The van der Waals surface area contributed by atoms with Crippen molar-refractivity contribution in [3.8, 4) is 0 Å². The van der Waals surface area contributed by atoms with Gasteiger partial charge in [-0.05, 0) is 45.2 Å². The fourth-order valence-electron chi connectivity index (χ4n) is 4.47. The summed E-state index contributed by atoms with van der Waals surface area (Å²) in [6.07, 6.45) is 12.5. The van der Waals surface area contributed by atoms with Crippen LogP contribution in [0.15, 0.2) is 4.99 Å². The molecule has 5 nitrogen and oxygen atoms in total. The highest BCUT2D eigenvalue weighted by Gasteiger charge is 2.30. The molecule has 24 heavy (non-hydrogen) atoms. The molecule has 0 bridgehead atoms. The van der Waals surface area contributed by atoms with Crippen LogP contribution in [0, 0.1) is 0 Å². The Hall–Kier alpha value is -0.810. The van der Waals surface area contributed by atoms with Gasteiger partial charge in [0.1, 0.15) is 0 Å². The van der Waals surface area contributed by atoms with Gasteiger partial charge in [0.25, 0.3) is 0 Å². The number of nitrogens with one attached hydrogen (secondary N) is 1. The van der Waals surface area contributed by atoms with E-state index in [1.807, 2.05) is 7.05 Å². The van der Waals surface area contributed by atoms with Crippen LogP contribution in [0.4, 0.5) is 0 Å². The van der Waals surface area contributed by atoms with Crippen molar-refractivity contribution in [3.63, 3.8) is 0 Å². The van der Waals surface area contributed by atoms with Gasteiger partial charge < -0.3 is 15.0 Å². The van der Waals surface area contributed by atoms with Crippen LogP contribution in [0.25, 0.3) is 0 Å². The van der Waals surface area contributed by atoms with Gasteiger partial charge in [0.2, 0.25) is 0 Å². The Morgan fingerprint density at radius 2 is 1.75 bits per heavy atom. The van der Waals surface area contributed by atoms with E-state index in [2.05, 4.69) is 20.1 Å². The standard InChI is InChI=1S/C19H36N4O/c1-20-19(21-11-15-24-18-8-4-2-3-5-9-18)23-14-10-17(16-23)22-12-6-7-13-22/h17-18H,2-16H2,1H3,(H,20,21). The van der Waals surface area contributed by atoms with Crippen molar-refractivity contribution in [1.29, 1.82) is 0 Å². The summed E-state index contributed by atoms with van der Waals surface area (Å²) in [4.78, 5) is 9.58. The van der Waals surface area contributed by atoms with Crippen LogP contribution in [0.2, 0.25) is 0 Å². The Morgan fingerprint density at radius 1 is 1.00 bits per heavy atom. The van der Waals surface area contributed by atoms with Crippen LogP contribution in [0.3, 0.4) is 0 Å². The van der Waals surface area contributed by atoms with Crippen LogP contribution < -0.4 is 5.32 Å². The second-order valence-electron chi connectivity index (χ2n) is 7.59. The molecule has 1 saturated carbocycles. The molecular weight excluding hydrogens is 300 g/mol. The molecule has 0 aromatic heterocycles. The lowest BCUT2D eigenvalue weighted by Gasteiger charge is -2.25. The molecule has 0 aromatic carbocycles. The van der Waals surface area contributed by atoms with E-state index >= 15 is 0 Å². The van der Waals surface area contributed by atoms with E-state index in [0.717, 1.165) is 38.2 Å². The van der Waals surface area contributed by atoms with Crippen LogP contribution in [-0.4, -0.2) is 74.3 Å². The molecule has 3 rings (SSSR count). The van der Waals surface area contributed by atoms with E-state index in [4.69, 9.17) is 4.74 Å². The molecule has 0 spiro atoms. The monoisotopic (exact) mass is 336 g/mol. The predicted octanol–water partition coefficient (Wildman–Crippen LogP) is 2.47. The molecule has 3 fully saturated rings. The third kappa shape index (κ3) is 5.09. The van der Waals surface area contributed by atoms with Crippen molar-refractivity contribution >= 4 is 5.96 Å². The van der Waals surface area contributed by atoms with Crippen molar-refractivity contribution in [3.05, 3.63) is 0 Å². The normalized spacial score (nSPS) is 27.6. The maximum absolute atomic E-state index is 6.08. The van der Waals surface area contributed by atoms with Crippen LogP contribution in [0.1, 0.15) is 57.8 Å². The summed E-state index contributed by atoms with van der Waals surface area (Å²) in [7, 11) is 1.90. The SMILES string of the molecule is CN=C(NCCOC1CCCCCC1)N1CCC(N2CCCC2)C1. The zero-order valence-corrected chi connectivity index (χ0v) is 15.5. The lowest BCUT2D eigenvalue weighted by Crippen LogP contribution is -2.43. The first-order valence-corrected chi connectivity index (χ1v) is 10.2. The van der Waals surface area contributed by atoms with Crippen molar-refractivity contribution < 1.29 is 4.74 Å². The highest BCUT2D eigenvalue weighted by Crippen LogP contribution is 2.21. The van der Waals surface area contributed by atoms with Gasteiger partial charge in [-0.25, -0.2) is 0 Å². The lowest BCUT2D eigenvalue weighted by atomic mass is 10.1. The smallest absolute Gasteiger partial charge is 0.193 e. The first-order chi connectivity index (χ1) is 11.9. The summed E-state index contributed by atoms with van der Waals surface area (Å²) in [5.74, 6) is 1.06. The number of rotatable bonds is 5. The van der Waals surface area contributed by atoms with Gasteiger partial charge in [-0.1, -0.05) is 25.7 Å². The van der Waals surface area contributed by atoms with Crippen LogP contribution in [-0.2, 0) is 4.74 Å². The number of nitrogens with zero attached hydrogens (tertiary/aromatic N) is 3. The molecule has 138 valence electrons. The molecule has 1 atom stereocenters. The highest BCUT2D eigenvalue weighted by atomic mass is 16.5. The number of hydrogen-bond acceptors (Lipinski definition) is 3. The number of ether oxygens (including phenoxy) is 1. The summed E-state index contributed by atoms with van der Waals surface area (Å²) >= 11 is 0. The molecule has 3 aliphatic rings. The number of likely N-dealkylation sites (tertiary alicyclic amines) is 2. The van der Waals surface area contributed by atoms with E-state index in [0.29, 0.717) is 6.10 Å². The fourth-order valence-corrected chi connectivity index (χ4v) is 4.47. The Bertz CT molecular complexity index is 387. The molecule has 1 unspecified atom stereocenters. The number of hydrogen-bond donors (Lipinski definition) is 1. The van der Waals surface area contributed by atoms with E-state index in [1.165, 1.54) is 70.9 Å². The molecule has 1 aliphatic carbocycles. The van der Waals surface area contributed by atoms with Gasteiger partial charge >= 0.3 is 0 Å². The van der Waals surface area contributed by atoms with Gasteiger partial charge in [0, 0.05) is 32.7 Å². The quantitative estimate of drug-likeness (QED) is 0.362. The van der Waals surface area contributed by atoms with Crippen molar-refractivity contribution in [2.75, 3.05) is 46.4 Å². The van der Waals surface area contributed by atoms with Gasteiger partial charge in [0.15, 0.2) is 5.96 Å². The summed E-state index contributed by atoms with van der Waals surface area (Å²) in [5, 5.41) is 3.51. The second-order valence-corrected chi connectivity index (χ2v) is 7.59. The maximum atomic E-state index is 6.08. The second kappa shape index (κ2) is 9.62. The largest absolute Gasteiger partial charge is 0.376 e. The first-order valence-electron chi connectivity index (χ1n) is 10.2. The summed E-state index contributed by atoms with van der Waals surface area (Å²) in [6, 6.07) is 0.730. The van der Waals surface area contributed by atoms with Gasteiger partial charge in [-0.3, -0.25) is 9.89 Å². The zero-order valence-electron chi connectivity index (χ0n) is 15.5. The van der Waals surface area contributed by atoms with E-state index in [1.54, 1.807) is 0 Å². The molecule has 0 amide bonds. The topological polar surface area (TPSA) is 40.1 Å². The summed E-state index contributed by atoms with van der Waals surface area (Å²) in [6.45, 7) is 6.51. The average molecular weight is 337 g/mol. The molecule has 2 aliphatic heterocycles. The van der Waals surface area contributed by atoms with E-state index in [9.17, 15) is 0 Å². The zero-order chi connectivity index (χ0) is 16.6. The molecule has 1 N–H and O–H groups in total. The third-order valence-electron chi connectivity index (χ3n) is 5.87. The Labute approximate surface area is 147 Å². The molecule has 5 heteroatoms. The molecule has 0 radical (unpaired) electrons. The Morgan fingerprint density at radius 3 is 2.46 bits per heavy atom.